The van der Waals surface area contributed by atoms with Gasteiger partial charge >= 0.3 is 12.2 Å². The highest BCUT2D eigenvalue weighted by molar-refractivity contribution is 5.80. The van der Waals surface area contributed by atoms with Crippen molar-refractivity contribution in [1.82, 2.24) is 9.80 Å². The van der Waals surface area contributed by atoms with E-state index in [4.69, 9.17) is 9.47 Å². The molecule has 0 atom stereocenters. The summed E-state index contributed by atoms with van der Waals surface area (Å²) in [7, 11) is 14.8. The van der Waals surface area contributed by atoms with Crippen LogP contribution in [-0.2, 0) is 22.7 Å². The normalized spacial score (nSPS) is 11.2. The Morgan fingerprint density at radius 3 is 1.10 bits per heavy atom. The number of hydrogen-bond acceptors (Lipinski definition) is 6. The first-order chi connectivity index (χ1) is 23.6. The lowest BCUT2D eigenvalue weighted by molar-refractivity contribution is -0.895. The lowest BCUT2D eigenvalue weighted by Gasteiger charge is -2.29. The van der Waals surface area contributed by atoms with Crippen molar-refractivity contribution < 1.29 is 71.6 Å². The Kier molecular flexibility index (Phi) is 23.9. The second kappa shape index (κ2) is 25.3. The maximum atomic E-state index is 12.8. The van der Waals surface area contributed by atoms with E-state index in [1.807, 2.05) is 64.6 Å². The fraction of sp³-hybridized carbons (Fsp3) is 0.600. The molecule has 0 saturated carbocycles. The molecule has 52 heavy (non-hydrogen) atoms. The molecular formula is C40H64Br2N4O6. The molecule has 0 radical (unpaired) electrons. The highest BCUT2D eigenvalue weighted by Crippen LogP contribution is 2.24. The van der Waals surface area contributed by atoms with Gasteiger partial charge in [0.15, 0.2) is 11.6 Å². The Morgan fingerprint density at radius 1 is 0.500 bits per heavy atom. The monoisotopic (exact) mass is 854 g/mol. The third-order valence-electron chi connectivity index (χ3n) is 8.64. The molecule has 0 saturated heterocycles. The number of halogens is 2. The number of rotatable bonds is 23. The van der Waals surface area contributed by atoms with Gasteiger partial charge in [-0.3, -0.25) is 9.59 Å². The number of hydrogen-bond donors (Lipinski definition) is 0. The number of ketones is 2. The summed E-state index contributed by atoms with van der Waals surface area (Å²) in [5, 5.41) is 0. The Morgan fingerprint density at radius 2 is 0.788 bits per heavy atom. The predicted octanol–water partition coefficient (Wildman–Crippen LogP) is 1.49. The summed E-state index contributed by atoms with van der Waals surface area (Å²) in [6.45, 7) is 2.10. The van der Waals surface area contributed by atoms with E-state index in [2.05, 4.69) is 0 Å². The maximum Gasteiger partial charge on any atom is 0.414 e. The van der Waals surface area contributed by atoms with Crippen molar-refractivity contribution >= 4 is 23.8 Å². The molecule has 2 rings (SSSR count). The van der Waals surface area contributed by atoms with Crippen molar-refractivity contribution in [2.75, 3.05) is 69.5 Å². The standard InChI is InChI=1S/C40H64N4O6.2BrH/c1-41(2)39(47)49-37-27-21-19-23-33(37)29-43(5,6)31-35(45)25-17-15-13-11-9-10-12-14-16-18-26-36(46)32-44(7,8)30-34-24-20-22-28-38(34)50-40(48)42(3)4;;/h19-24,27-28H,9-18,25-26,29-32H2,1-8H3;2*1H/q+2;;/p-2. The van der Waals surface area contributed by atoms with E-state index >= 15 is 0 Å². The van der Waals surface area contributed by atoms with Crippen LogP contribution < -0.4 is 43.4 Å². The van der Waals surface area contributed by atoms with E-state index in [9.17, 15) is 19.2 Å². The van der Waals surface area contributed by atoms with E-state index in [1.54, 1.807) is 40.3 Å². The molecule has 0 N–H and O–H groups in total. The molecule has 0 aromatic heterocycles. The van der Waals surface area contributed by atoms with Crippen molar-refractivity contribution in [2.24, 2.45) is 0 Å². The molecule has 0 unspecified atom stereocenters. The minimum absolute atomic E-state index is 0. The number of benzene rings is 2. The van der Waals surface area contributed by atoms with Crippen molar-refractivity contribution in [3.63, 3.8) is 0 Å². The number of Topliss-reactive ketones (excluding diaryl/α,β-unsaturated/α-hetero) is 2. The third kappa shape index (κ3) is 20.4. The van der Waals surface area contributed by atoms with Gasteiger partial charge < -0.3 is 62.2 Å². The summed E-state index contributed by atoms with van der Waals surface area (Å²) in [6, 6.07) is 15.0. The van der Waals surface area contributed by atoms with Gasteiger partial charge in [-0.2, -0.15) is 0 Å². The first kappa shape index (κ1) is 49.2. The number of carbonyl (C=O) groups excluding carboxylic acids is 4. The highest BCUT2D eigenvalue weighted by atomic mass is 79.9. The summed E-state index contributed by atoms with van der Waals surface area (Å²) in [6.07, 6.45) is 11.5. The zero-order valence-corrected chi connectivity index (χ0v) is 36.1. The molecule has 0 aliphatic heterocycles. The van der Waals surface area contributed by atoms with Crippen molar-refractivity contribution in [2.45, 2.75) is 90.1 Å². The molecule has 10 nitrogen and oxygen atoms in total. The van der Waals surface area contributed by atoms with Gasteiger partial charge in [-0.25, -0.2) is 9.59 Å². The fourth-order valence-electron chi connectivity index (χ4n) is 6.04. The molecule has 0 bridgehead atoms. The number of para-hydroxylation sites is 2. The Balaban J connectivity index is 0.0000130. The van der Waals surface area contributed by atoms with Gasteiger partial charge in [0.1, 0.15) is 37.7 Å². The second-order valence-corrected chi connectivity index (χ2v) is 15.4. The molecule has 2 aromatic carbocycles. The molecule has 294 valence electrons. The number of carbonyl (C=O) groups is 4. The average molecular weight is 857 g/mol. The van der Waals surface area contributed by atoms with E-state index in [0.717, 1.165) is 49.7 Å². The summed E-state index contributed by atoms with van der Waals surface area (Å²) >= 11 is 0. The number of amides is 2. The van der Waals surface area contributed by atoms with Crippen molar-refractivity contribution in [3.8, 4) is 11.5 Å². The third-order valence-corrected chi connectivity index (χ3v) is 8.64. The van der Waals surface area contributed by atoms with Crippen LogP contribution in [-0.4, -0.2) is 112 Å². The predicted molar refractivity (Wildman–Crippen MR) is 199 cm³/mol. The van der Waals surface area contributed by atoms with Crippen LogP contribution in [0.4, 0.5) is 9.59 Å². The van der Waals surface area contributed by atoms with Crippen LogP contribution in [0.5, 0.6) is 11.5 Å². The Bertz CT molecular complexity index is 1280. The average Bonchev–Trinajstić information content (AvgIpc) is 3.02. The number of nitrogens with zero attached hydrogens (tertiary/aromatic N) is 4. The molecule has 0 fully saturated rings. The highest BCUT2D eigenvalue weighted by Gasteiger charge is 2.24. The first-order valence-electron chi connectivity index (χ1n) is 18.2. The van der Waals surface area contributed by atoms with Gasteiger partial charge in [-0.1, -0.05) is 75.6 Å². The number of likely N-dealkylation sites (N-methyl/N-ethyl adjacent to an activating group) is 2. The number of ether oxygens (including phenoxy) is 2. The molecule has 0 aliphatic rings. The maximum absolute atomic E-state index is 12.8. The SMILES string of the molecule is CN(C)C(=O)Oc1ccccc1C[N+](C)(C)CC(=O)CCCCCCCCCCCCC(=O)C[N+](C)(C)Cc1ccccc1OC(=O)N(C)C.[Br-].[Br-]. The first-order valence-corrected chi connectivity index (χ1v) is 18.2. The van der Waals surface area contributed by atoms with Crippen LogP contribution >= 0.6 is 0 Å². The van der Waals surface area contributed by atoms with Crippen LogP contribution in [0.2, 0.25) is 0 Å². The molecule has 12 heteroatoms. The molecule has 0 spiro atoms. The van der Waals surface area contributed by atoms with Gasteiger partial charge in [0.2, 0.25) is 0 Å². The lowest BCUT2D eigenvalue weighted by atomic mass is 10.0. The van der Waals surface area contributed by atoms with Gasteiger partial charge in [-0.15, -0.1) is 0 Å². The fourth-order valence-corrected chi connectivity index (χ4v) is 6.04. The van der Waals surface area contributed by atoms with Crippen molar-refractivity contribution in [3.05, 3.63) is 59.7 Å². The van der Waals surface area contributed by atoms with E-state index in [0.29, 0.717) is 59.5 Å². The number of unbranched alkanes of at least 4 members (excludes halogenated alkanes) is 9. The molecule has 2 aromatic rings. The lowest BCUT2D eigenvalue weighted by Crippen LogP contribution is -3.00. The minimum atomic E-state index is -0.416. The zero-order chi connectivity index (χ0) is 37.2. The van der Waals surface area contributed by atoms with Crippen LogP contribution in [0.15, 0.2) is 48.5 Å². The zero-order valence-electron chi connectivity index (χ0n) is 32.9. The van der Waals surface area contributed by atoms with Gasteiger partial charge in [0.25, 0.3) is 0 Å². The minimum Gasteiger partial charge on any atom is -1.00 e. The van der Waals surface area contributed by atoms with Crippen LogP contribution in [0.1, 0.15) is 88.2 Å². The van der Waals surface area contributed by atoms with Crippen LogP contribution in [0.25, 0.3) is 0 Å². The van der Waals surface area contributed by atoms with Crippen LogP contribution in [0.3, 0.4) is 0 Å². The van der Waals surface area contributed by atoms with Crippen LogP contribution in [0, 0.1) is 0 Å². The molecular weight excluding hydrogens is 792 g/mol. The van der Waals surface area contributed by atoms with Gasteiger partial charge in [-0.05, 0) is 37.1 Å². The van der Waals surface area contributed by atoms with E-state index < -0.39 is 12.2 Å². The summed E-state index contributed by atoms with van der Waals surface area (Å²) < 4.78 is 12.1. The largest absolute Gasteiger partial charge is 1.00 e. The summed E-state index contributed by atoms with van der Waals surface area (Å²) in [5.41, 5.74) is 1.82. The second-order valence-electron chi connectivity index (χ2n) is 15.4. The molecule has 0 aliphatic carbocycles. The van der Waals surface area contributed by atoms with Crippen molar-refractivity contribution in [1.29, 1.82) is 0 Å². The summed E-state index contributed by atoms with van der Waals surface area (Å²) in [4.78, 5) is 52.4. The smallest absolute Gasteiger partial charge is 0.414 e. The summed E-state index contributed by atoms with van der Waals surface area (Å²) in [5.74, 6) is 1.62. The molecule has 0 heterocycles. The topological polar surface area (TPSA) is 93.2 Å². The van der Waals surface area contributed by atoms with E-state index in [1.165, 1.54) is 35.5 Å². The van der Waals surface area contributed by atoms with Gasteiger partial charge in [0, 0.05) is 52.2 Å². The Hall–Kier alpha value is -2.80. The molecule has 2 amide bonds. The quantitative estimate of drug-likeness (QED) is 0.124. The van der Waals surface area contributed by atoms with E-state index in [-0.39, 0.29) is 45.5 Å². The number of quaternary nitrogens is 2. The van der Waals surface area contributed by atoms with Gasteiger partial charge in [0.05, 0.1) is 28.2 Å². The Labute approximate surface area is 334 Å².